The first kappa shape index (κ1) is 43.2. The van der Waals surface area contributed by atoms with Gasteiger partial charge in [-0.2, -0.15) is 0 Å². The lowest BCUT2D eigenvalue weighted by Gasteiger charge is -2.08. The number of nitrogens with zero attached hydrogens (tertiary/aromatic N) is 2. The summed E-state index contributed by atoms with van der Waals surface area (Å²) in [5.74, 6) is 0.450. The van der Waals surface area contributed by atoms with Gasteiger partial charge in [-0.25, -0.2) is 9.97 Å². The Morgan fingerprint density at radius 1 is 0.673 bits per heavy atom. The number of carbonyl (C=O) groups is 2. The van der Waals surface area contributed by atoms with Gasteiger partial charge in [0.05, 0.1) is 23.3 Å². The molecule has 0 aliphatic rings. The van der Waals surface area contributed by atoms with Crippen LogP contribution < -0.4 is 25.8 Å². The standard InChI is InChI=1S/C20H18Cl2N2O2S.C10H10Cl2O3.C9H9N3S/c21-15-5-8-19(18(22)13-15)26-10-1-2-17(25)12-14-3-6-16(7-4-14)24-20-23-9-11-27-20;11-7-3-4-9(8(12)6-7)15-5-1-2-10(13)14;10-7-1-3-8(4-2-7)12-9-11-5-6-13-9/h3-9,11,13H,1-2,10,12H2,(H,23,24);3-4,6H,1-2,5H2,(H,13,14);1-6H,10H2,(H,11,12). The number of carbonyl (C=O) groups excluding carboxylic acids is 1. The number of thiazole rings is 2. The van der Waals surface area contributed by atoms with Crippen molar-refractivity contribution in [2.24, 2.45) is 0 Å². The summed E-state index contributed by atoms with van der Waals surface area (Å²) in [7, 11) is 0. The summed E-state index contributed by atoms with van der Waals surface area (Å²) in [6, 6.07) is 25.4. The molecule has 6 aromatic rings. The van der Waals surface area contributed by atoms with Gasteiger partial charge >= 0.3 is 5.97 Å². The van der Waals surface area contributed by atoms with Crippen LogP contribution in [-0.2, 0) is 16.0 Å². The number of halogens is 4. The van der Waals surface area contributed by atoms with Crippen LogP contribution in [0.15, 0.2) is 108 Å². The molecule has 0 fully saturated rings. The Bertz CT molecular complexity index is 2050. The molecule has 288 valence electrons. The molecule has 0 atom stereocenters. The van der Waals surface area contributed by atoms with Crippen LogP contribution in [0.1, 0.15) is 31.2 Å². The normalized spacial score (nSPS) is 10.3. The van der Waals surface area contributed by atoms with Crippen LogP contribution in [0.4, 0.5) is 27.3 Å². The molecule has 0 saturated carbocycles. The summed E-state index contributed by atoms with van der Waals surface area (Å²) in [6.45, 7) is 0.761. The van der Waals surface area contributed by atoms with Gasteiger partial charge in [-0.15, -0.1) is 22.7 Å². The van der Waals surface area contributed by atoms with E-state index < -0.39 is 5.97 Å². The molecule has 0 amide bonds. The van der Waals surface area contributed by atoms with E-state index in [0.29, 0.717) is 70.5 Å². The van der Waals surface area contributed by atoms with Crippen LogP contribution in [0.5, 0.6) is 11.5 Å². The van der Waals surface area contributed by atoms with Crippen molar-refractivity contribution in [2.45, 2.75) is 32.1 Å². The Morgan fingerprint density at radius 2 is 1.15 bits per heavy atom. The summed E-state index contributed by atoms with van der Waals surface area (Å²) in [5.41, 5.74) is 9.28. The highest BCUT2D eigenvalue weighted by Gasteiger charge is 2.07. The molecule has 0 aliphatic heterocycles. The zero-order valence-electron chi connectivity index (χ0n) is 29.2. The number of benzene rings is 4. The van der Waals surface area contributed by atoms with E-state index in [1.807, 2.05) is 59.3 Å². The van der Waals surface area contributed by atoms with Gasteiger partial charge in [-0.05, 0) is 91.2 Å². The van der Waals surface area contributed by atoms with Crippen LogP contribution in [0.25, 0.3) is 0 Å². The number of aromatic nitrogens is 2. The monoisotopic (exact) mass is 859 g/mol. The molecular formula is C39H37Cl4N5O5S2. The Balaban J connectivity index is 0.000000202. The minimum Gasteiger partial charge on any atom is -0.492 e. The van der Waals surface area contributed by atoms with Gasteiger partial charge in [0.25, 0.3) is 0 Å². The van der Waals surface area contributed by atoms with Crippen LogP contribution in [0, 0.1) is 0 Å². The second-order valence-electron chi connectivity index (χ2n) is 11.4. The van der Waals surface area contributed by atoms with E-state index in [9.17, 15) is 9.59 Å². The molecule has 0 saturated heterocycles. The number of anilines is 5. The number of aliphatic carboxylic acids is 1. The fraction of sp³-hybridized carbons (Fsp3) is 0.179. The number of ketones is 1. The zero-order valence-corrected chi connectivity index (χ0v) is 33.9. The average Bonchev–Trinajstić information content (AvgIpc) is 3.87. The Kier molecular flexibility index (Phi) is 18.4. The third-order valence-electron chi connectivity index (χ3n) is 7.07. The van der Waals surface area contributed by atoms with E-state index in [1.54, 1.807) is 71.5 Å². The maximum absolute atomic E-state index is 12.2. The lowest BCUT2D eigenvalue weighted by molar-refractivity contribution is -0.137. The van der Waals surface area contributed by atoms with Gasteiger partial charge in [-0.3, -0.25) is 9.59 Å². The van der Waals surface area contributed by atoms with Gasteiger partial charge in [0, 0.05) is 69.5 Å². The largest absolute Gasteiger partial charge is 0.492 e. The predicted octanol–water partition coefficient (Wildman–Crippen LogP) is 11.9. The van der Waals surface area contributed by atoms with E-state index in [-0.39, 0.29) is 12.2 Å². The fourth-order valence-electron chi connectivity index (χ4n) is 4.45. The van der Waals surface area contributed by atoms with Gasteiger partial charge in [0.2, 0.25) is 0 Å². The summed E-state index contributed by atoms with van der Waals surface area (Å²) in [4.78, 5) is 30.7. The van der Waals surface area contributed by atoms with E-state index in [0.717, 1.165) is 32.9 Å². The molecule has 2 aromatic heterocycles. The number of carboxylic acids is 1. The van der Waals surface area contributed by atoms with Crippen LogP contribution in [0.2, 0.25) is 20.1 Å². The maximum atomic E-state index is 12.2. The van der Waals surface area contributed by atoms with Crippen molar-refractivity contribution >= 4 is 108 Å². The number of nitrogens with two attached hydrogens (primary N) is 1. The average molecular weight is 862 g/mol. The fourth-order valence-corrected chi connectivity index (χ4v) is 6.47. The Labute approximate surface area is 347 Å². The minimum atomic E-state index is -0.833. The number of hydrogen-bond donors (Lipinski definition) is 4. The smallest absolute Gasteiger partial charge is 0.303 e. The Hall–Kier alpha value is -4.56. The van der Waals surface area contributed by atoms with Crippen molar-refractivity contribution < 1.29 is 24.2 Å². The first-order chi connectivity index (χ1) is 26.5. The highest BCUT2D eigenvalue weighted by Crippen LogP contribution is 2.29. The molecule has 0 bridgehead atoms. The number of rotatable bonds is 16. The molecule has 2 heterocycles. The number of hydrogen-bond acceptors (Lipinski definition) is 11. The zero-order chi connectivity index (χ0) is 39.4. The van der Waals surface area contributed by atoms with Crippen LogP contribution in [0.3, 0.4) is 0 Å². The second kappa shape index (κ2) is 23.4. The minimum absolute atomic E-state index is 0.0885. The molecule has 55 heavy (non-hydrogen) atoms. The van der Waals surface area contributed by atoms with E-state index in [1.165, 1.54) is 0 Å². The molecule has 16 heteroatoms. The number of nitrogen functional groups attached to an aromatic ring is 1. The van der Waals surface area contributed by atoms with Gasteiger partial charge in [0.15, 0.2) is 10.3 Å². The number of ether oxygens (including phenoxy) is 2. The van der Waals surface area contributed by atoms with Crippen molar-refractivity contribution in [1.82, 2.24) is 9.97 Å². The number of nitrogens with one attached hydrogen (secondary N) is 2. The number of carboxylic acid groups (broad SMARTS) is 1. The van der Waals surface area contributed by atoms with Crippen LogP contribution in [-0.4, -0.2) is 40.0 Å². The summed E-state index contributed by atoms with van der Waals surface area (Å²) in [6.07, 6.45) is 5.58. The van der Waals surface area contributed by atoms with Gasteiger partial charge < -0.3 is 30.9 Å². The third kappa shape index (κ3) is 16.8. The van der Waals surface area contributed by atoms with Crippen molar-refractivity contribution in [1.29, 1.82) is 0 Å². The molecule has 0 unspecified atom stereocenters. The lowest BCUT2D eigenvalue weighted by Crippen LogP contribution is -2.06. The maximum Gasteiger partial charge on any atom is 0.303 e. The SMILES string of the molecule is Nc1ccc(Nc2nccs2)cc1.O=C(CCCOc1ccc(Cl)cc1Cl)Cc1ccc(Nc2nccs2)cc1.O=C(O)CCCOc1ccc(Cl)cc1Cl. The van der Waals surface area contributed by atoms with Gasteiger partial charge in [-0.1, -0.05) is 58.5 Å². The second-order valence-corrected chi connectivity index (χ2v) is 14.9. The Morgan fingerprint density at radius 3 is 1.58 bits per heavy atom. The molecule has 0 spiro atoms. The van der Waals surface area contributed by atoms with E-state index in [4.69, 9.17) is 66.7 Å². The first-order valence-electron chi connectivity index (χ1n) is 16.7. The molecule has 6 rings (SSSR count). The molecule has 10 nitrogen and oxygen atoms in total. The predicted molar refractivity (Wildman–Crippen MR) is 227 cm³/mol. The topological polar surface area (TPSA) is 149 Å². The van der Waals surface area contributed by atoms with Gasteiger partial charge in [0.1, 0.15) is 17.3 Å². The van der Waals surface area contributed by atoms with E-state index >= 15 is 0 Å². The molecular weight excluding hydrogens is 824 g/mol. The highest BCUT2D eigenvalue weighted by molar-refractivity contribution is 7.14. The highest BCUT2D eigenvalue weighted by atomic mass is 35.5. The van der Waals surface area contributed by atoms with Crippen molar-refractivity contribution in [3.05, 3.63) is 134 Å². The van der Waals surface area contributed by atoms with Crippen molar-refractivity contribution in [3.8, 4) is 11.5 Å². The quantitative estimate of drug-likeness (QED) is 0.0547. The molecule has 0 aliphatic carbocycles. The first-order valence-corrected chi connectivity index (χ1v) is 20.0. The summed E-state index contributed by atoms with van der Waals surface area (Å²) in [5, 5.41) is 22.4. The van der Waals surface area contributed by atoms with Crippen molar-refractivity contribution in [2.75, 3.05) is 29.6 Å². The van der Waals surface area contributed by atoms with Crippen molar-refractivity contribution in [3.63, 3.8) is 0 Å². The number of Topliss-reactive ketones (excluding diaryl/α,β-unsaturated/α-hetero) is 1. The summed E-state index contributed by atoms with van der Waals surface area (Å²) < 4.78 is 10.9. The summed E-state index contributed by atoms with van der Waals surface area (Å²) >= 11 is 26.6. The molecule has 5 N–H and O–H groups in total. The van der Waals surface area contributed by atoms with Crippen LogP contribution >= 0.6 is 69.1 Å². The van der Waals surface area contributed by atoms with E-state index in [2.05, 4.69) is 20.6 Å². The third-order valence-corrected chi connectivity index (χ3v) is 9.51. The molecule has 0 radical (unpaired) electrons. The molecule has 4 aromatic carbocycles. The lowest BCUT2D eigenvalue weighted by atomic mass is 10.1.